The van der Waals surface area contributed by atoms with Crippen molar-refractivity contribution in [3.63, 3.8) is 0 Å². The van der Waals surface area contributed by atoms with E-state index in [9.17, 15) is 4.79 Å². The van der Waals surface area contributed by atoms with Crippen LogP contribution in [0.4, 0.5) is 0 Å². The normalized spacial score (nSPS) is 13.9. The molecule has 0 saturated carbocycles. The highest BCUT2D eigenvalue weighted by Gasteiger charge is 2.16. The third kappa shape index (κ3) is 8.50. The number of nitrogens with zero attached hydrogens (tertiary/aromatic N) is 4. The van der Waals surface area contributed by atoms with Crippen LogP contribution in [0.5, 0.6) is 0 Å². The van der Waals surface area contributed by atoms with E-state index in [0.717, 1.165) is 70.1 Å². The Labute approximate surface area is 185 Å². The zero-order chi connectivity index (χ0) is 19.5. The van der Waals surface area contributed by atoms with Crippen molar-refractivity contribution in [2.24, 2.45) is 10.9 Å². The van der Waals surface area contributed by atoms with Gasteiger partial charge in [-0.05, 0) is 38.5 Å². The van der Waals surface area contributed by atoms with Gasteiger partial charge in [0.15, 0.2) is 5.96 Å². The monoisotopic (exact) mass is 508 g/mol. The summed E-state index contributed by atoms with van der Waals surface area (Å²) in [6.07, 6.45) is 4.98. The van der Waals surface area contributed by atoms with Crippen LogP contribution in [0.3, 0.4) is 0 Å². The van der Waals surface area contributed by atoms with Gasteiger partial charge in [0, 0.05) is 45.8 Å². The van der Waals surface area contributed by atoms with Gasteiger partial charge in [0.05, 0.1) is 6.61 Å². The molecule has 2 heterocycles. The van der Waals surface area contributed by atoms with E-state index in [1.165, 1.54) is 0 Å². The van der Waals surface area contributed by atoms with Crippen molar-refractivity contribution in [3.8, 4) is 0 Å². The molecular weight excluding hydrogens is 471 g/mol. The van der Waals surface area contributed by atoms with Gasteiger partial charge in [0.2, 0.25) is 0 Å². The first-order chi connectivity index (χ1) is 13.1. The topological polar surface area (TPSA) is 85.5 Å². The Morgan fingerprint density at radius 1 is 1.29 bits per heavy atom. The smallest absolute Gasteiger partial charge is 0.345 e. The van der Waals surface area contributed by atoms with E-state index in [-0.39, 0.29) is 29.7 Å². The van der Waals surface area contributed by atoms with Gasteiger partial charge in [-0.1, -0.05) is 13.8 Å². The van der Waals surface area contributed by atoms with Gasteiger partial charge in [-0.15, -0.1) is 24.0 Å². The molecule has 28 heavy (non-hydrogen) atoms. The van der Waals surface area contributed by atoms with Gasteiger partial charge < -0.3 is 15.4 Å². The van der Waals surface area contributed by atoms with Crippen molar-refractivity contribution < 1.29 is 4.74 Å². The average molecular weight is 508 g/mol. The number of hydrogen-bond donors (Lipinski definition) is 2. The first kappa shape index (κ1) is 24.9. The first-order valence-corrected chi connectivity index (χ1v) is 10.4. The molecule has 0 fully saturated rings. The van der Waals surface area contributed by atoms with Crippen LogP contribution in [-0.4, -0.2) is 53.2 Å². The molecule has 1 aliphatic heterocycles. The fourth-order valence-electron chi connectivity index (χ4n) is 3.01. The SMILES string of the molecule is CCNC(=NCCCn1nc2n(c1=O)CCCC2)NCCOCCC(C)C.I. The van der Waals surface area contributed by atoms with Crippen LogP contribution < -0.4 is 16.3 Å². The van der Waals surface area contributed by atoms with Crippen LogP contribution in [0.15, 0.2) is 9.79 Å². The number of rotatable bonds is 11. The minimum Gasteiger partial charge on any atom is -0.380 e. The van der Waals surface area contributed by atoms with Crippen molar-refractivity contribution in [2.75, 3.05) is 32.8 Å². The van der Waals surface area contributed by atoms with Crippen molar-refractivity contribution in [1.82, 2.24) is 25.0 Å². The lowest BCUT2D eigenvalue weighted by Gasteiger charge is -2.12. The maximum absolute atomic E-state index is 12.3. The number of ether oxygens (including phenoxy) is 1. The second-order valence-corrected chi connectivity index (χ2v) is 7.37. The first-order valence-electron chi connectivity index (χ1n) is 10.4. The molecule has 8 nitrogen and oxygen atoms in total. The number of guanidine groups is 1. The summed E-state index contributed by atoms with van der Waals surface area (Å²) in [6.45, 7) is 11.5. The van der Waals surface area contributed by atoms with Crippen LogP contribution in [-0.2, 0) is 24.2 Å². The highest BCUT2D eigenvalue weighted by molar-refractivity contribution is 14.0. The summed E-state index contributed by atoms with van der Waals surface area (Å²) in [7, 11) is 0. The number of halogens is 1. The van der Waals surface area contributed by atoms with Gasteiger partial charge in [-0.25, -0.2) is 9.48 Å². The molecular formula is C19H37IN6O2. The maximum atomic E-state index is 12.3. The van der Waals surface area contributed by atoms with Crippen LogP contribution >= 0.6 is 24.0 Å². The molecule has 1 aromatic heterocycles. The molecule has 2 rings (SSSR count). The Bertz CT molecular complexity index is 641. The van der Waals surface area contributed by atoms with Crippen molar-refractivity contribution in [1.29, 1.82) is 0 Å². The van der Waals surface area contributed by atoms with E-state index in [1.54, 1.807) is 4.68 Å². The Hall–Kier alpha value is -1.10. The number of aryl methyl sites for hydroxylation is 2. The number of nitrogens with one attached hydrogen (secondary N) is 2. The third-order valence-corrected chi connectivity index (χ3v) is 4.55. The van der Waals surface area contributed by atoms with Crippen LogP contribution in [0.25, 0.3) is 0 Å². The molecule has 0 unspecified atom stereocenters. The lowest BCUT2D eigenvalue weighted by Crippen LogP contribution is -2.39. The van der Waals surface area contributed by atoms with Gasteiger partial charge in [-0.3, -0.25) is 9.56 Å². The second kappa shape index (κ2) is 14.0. The Morgan fingerprint density at radius 2 is 2.11 bits per heavy atom. The van der Waals surface area contributed by atoms with E-state index in [0.29, 0.717) is 25.6 Å². The molecule has 9 heteroatoms. The molecule has 2 N–H and O–H groups in total. The van der Waals surface area contributed by atoms with E-state index in [2.05, 4.69) is 34.6 Å². The van der Waals surface area contributed by atoms with E-state index < -0.39 is 0 Å². The van der Waals surface area contributed by atoms with Gasteiger partial charge in [0.1, 0.15) is 5.82 Å². The highest BCUT2D eigenvalue weighted by atomic mass is 127. The molecule has 0 spiro atoms. The molecule has 0 aromatic carbocycles. The molecule has 0 bridgehead atoms. The molecule has 162 valence electrons. The number of fused-ring (bicyclic) bond motifs is 1. The van der Waals surface area contributed by atoms with Crippen LogP contribution in [0.1, 0.15) is 52.3 Å². The summed E-state index contributed by atoms with van der Waals surface area (Å²) in [5.41, 5.74) is 0.0252. The highest BCUT2D eigenvalue weighted by Crippen LogP contribution is 2.09. The molecule has 0 saturated heterocycles. The van der Waals surface area contributed by atoms with Gasteiger partial charge in [-0.2, -0.15) is 5.10 Å². The Morgan fingerprint density at radius 3 is 2.82 bits per heavy atom. The van der Waals surface area contributed by atoms with Crippen LogP contribution in [0, 0.1) is 5.92 Å². The molecule has 0 aliphatic carbocycles. The lowest BCUT2D eigenvalue weighted by atomic mass is 10.1. The van der Waals surface area contributed by atoms with Gasteiger partial charge in [0.25, 0.3) is 0 Å². The minimum absolute atomic E-state index is 0. The predicted octanol–water partition coefficient (Wildman–Crippen LogP) is 2.01. The molecule has 0 amide bonds. The third-order valence-electron chi connectivity index (χ3n) is 4.55. The van der Waals surface area contributed by atoms with Crippen LogP contribution in [0.2, 0.25) is 0 Å². The van der Waals surface area contributed by atoms with E-state index in [1.807, 2.05) is 11.5 Å². The van der Waals surface area contributed by atoms with E-state index >= 15 is 0 Å². The standard InChI is InChI=1S/C19H36N6O2.HI/c1-4-20-18(22-11-15-27-14-9-16(2)3)21-10-7-13-25-19(26)24-12-6-5-8-17(24)23-25;/h16H,4-15H2,1-3H3,(H2,20,21,22);1H. The summed E-state index contributed by atoms with van der Waals surface area (Å²) in [5.74, 6) is 2.40. The molecule has 1 aliphatic rings. The Balaban J connectivity index is 0.00000392. The molecule has 0 atom stereocenters. The molecule has 0 radical (unpaired) electrons. The van der Waals surface area contributed by atoms with Crippen molar-refractivity contribution in [3.05, 3.63) is 16.3 Å². The fourth-order valence-corrected chi connectivity index (χ4v) is 3.01. The summed E-state index contributed by atoms with van der Waals surface area (Å²) in [6, 6.07) is 0. The minimum atomic E-state index is 0. The predicted molar refractivity (Wildman–Crippen MR) is 124 cm³/mol. The van der Waals surface area contributed by atoms with Gasteiger partial charge >= 0.3 is 5.69 Å². The summed E-state index contributed by atoms with van der Waals surface area (Å²) < 4.78 is 9.03. The van der Waals surface area contributed by atoms with E-state index in [4.69, 9.17) is 4.74 Å². The zero-order valence-electron chi connectivity index (χ0n) is 17.6. The summed E-state index contributed by atoms with van der Waals surface area (Å²) >= 11 is 0. The largest absolute Gasteiger partial charge is 0.380 e. The van der Waals surface area contributed by atoms with Crippen molar-refractivity contribution >= 4 is 29.9 Å². The number of aromatic nitrogens is 3. The quantitative estimate of drug-likeness (QED) is 0.207. The fraction of sp³-hybridized carbons (Fsp3) is 0.842. The second-order valence-electron chi connectivity index (χ2n) is 7.37. The maximum Gasteiger partial charge on any atom is 0.345 e. The Kier molecular flexibility index (Phi) is 12.4. The summed E-state index contributed by atoms with van der Waals surface area (Å²) in [4.78, 5) is 16.9. The lowest BCUT2D eigenvalue weighted by molar-refractivity contribution is 0.128. The average Bonchev–Trinajstić information content (AvgIpc) is 2.97. The number of hydrogen-bond acceptors (Lipinski definition) is 4. The summed E-state index contributed by atoms with van der Waals surface area (Å²) in [5, 5.41) is 11.0. The zero-order valence-corrected chi connectivity index (χ0v) is 19.9. The van der Waals surface area contributed by atoms with Crippen molar-refractivity contribution in [2.45, 2.75) is 66.0 Å². The molecule has 1 aromatic rings. The number of aliphatic imine (C=N–C) groups is 1.